The molecule has 1 aliphatic carbocycles. The van der Waals surface area contributed by atoms with Crippen LogP contribution in [0.25, 0.3) is 0 Å². The Morgan fingerprint density at radius 1 is 1.55 bits per heavy atom. The van der Waals surface area contributed by atoms with E-state index in [2.05, 4.69) is 26.3 Å². The predicted molar refractivity (Wildman–Crippen MR) is 82.3 cm³/mol. The zero-order valence-electron chi connectivity index (χ0n) is 12.2. The highest BCUT2D eigenvalue weighted by atomic mass is 79.9. The number of carboxylic acids is 1. The van der Waals surface area contributed by atoms with Crippen molar-refractivity contribution in [3.8, 4) is 0 Å². The molecule has 1 aromatic heterocycles. The molecule has 8 heteroatoms. The molecule has 1 aliphatic heterocycles. The molecule has 1 saturated carbocycles. The highest BCUT2D eigenvalue weighted by Crippen LogP contribution is 2.48. The van der Waals surface area contributed by atoms with Crippen LogP contribution in [0.4, 0.5) is 4.79 Å². The molecular formula is C14H19BrN4O3. The van der Waals surface area contributed by atoms with E-state index in [1.54, 1.807) is 15.8 Å². The summed E-state index contributed by atoms with van der Waals surface area (Å²) in [6.45, 7) is 1.92. The second kappa shape index (κ2) is 5.91. The van der Waals surface area contributed by atoms with Crippen LogP contribution in [0.5, 0.6) is 0 Å². The largest absolute Gasteiger partial charge is 0.481 e. The molecule has 2 fully saturated rings. The first-order chi connectivity index (χ1) is 10.5. The summed E-state index contributed by atoms with van der Waals surface area (Å²) in [7, 11) is 0. The van der Waals surface area contributed by atoms with Crippen molar-refractivity contribution in [2.24, 2.45) is 11.3 Å². The summed E-state index contributed by atoms with van der Waals surface area (Å²) in [5.74, 6) is -0.662. The molecule has 2 amide bonds. The minimum absolute atomic E-state index is 0.0952. The van der Waals surface area contributed by atoms with E-state index in [9.17, 15) is 14.7 Å². The van der Waals surface area contributed by atoms with Gasteiger partial charge in [-0.3, -0.25) is 9.48 Å². The Hall–Kier alpha value is -1.57. The van der Waals surface area contributed by atoms with Crippen LogP contribution in [0.15, 0.2) is 16.9 Å². The van der Waals surface area contributed by atoms with Gasteiger partial charge in [0.2, 0.25) is 0 Å². The van der Waals surface area contributed by atoms with E-state index in [0.717, 1.165) is 17.3 Å². The quantitative estimate of drug-likeness (QED) is 0.841. The van der Waals surface area contributed by atoms with E-state index in [4.69, 9.17) is 0 Å². The molecule has 0 spiro atoms. The number of hydrogen-bond acceptors (Lipinski definition) is 3. The number of aromatic nitrogens is 2. The van der Waals surface area contributed by atoms with Gasteiger partial charge in [0, 0.05) is 25.8 Å². The lowest BCUT2D eigenvalue weighted by atomic mass is 9.81. The summed E-state index contributed by atoms with van der Waals surface area (Å²) in [4.78, 5) is 25.5. The Kier molecular flexibility index (Phi) is 4.12. The minimum Gasteiger partial charge on any atom is -0.481 e. The van der Waals surface area contributed by atoms with Crippen LogP contribution in [-0.2, 0) is 11.3 Å². The molecule has 120 valence electrons. The van der Waals surface area contributed by atoms with Gasteiger partial charge in [0.25, 0.3) is 0 Å². The number of fused-ring (bicyclic) bond motifs is 1. The van der Waals surface area contributed by atoms with Gasteiger partial charge in [0.15, 0.2) is 0 Å². The minimum atomic E-state index is -0.758. The number of hydrogen-bond donors (Lipinski definition) is 2. The maximum atomic E-state index is 12.2. The van der Waals surface area contributed by atoms with Crippen molar-refractivity contribution in [2.75, 3.05) is 19.6 Å². The third-order valence-corrected chi connectivity index (χ3v) is 5.21. The smallest absolute Gasteiger partial charge is 0.317 e. The molecule has 2 aliphatic rings. The lowest BCUT2D eigenvalue weighted by molar-refractivity contribution is -0.149. The van der Waals surface area contributed by atoms with Crippen LogP contribution in [0.2, 0.25) is 0 Å². The average molecular weight is 371 g/mol. The number of halogens is 1. The number of carbonyl (C=O) groups excluding carboxylic acids is 1. The molecular weight excluding hydrogens is 352 g/mol. The van der Waals surface area contributed by atoms with Crippen molar-refractivity contribution in [1.82, 2.24) is 20.0 Å². The summed E-state index contributed by atoms with van der Waals surface area (Å²) in [6.07, 6.45) is 6.06. The molecule has 1 saturated heterocycles. The monoisotopic (exact) mass is 370 g/mol. The van der Waals surface area contributed by atoms with E-state index in [1.807, 2.05) is 6.20 Å². The molecule has 0 unspecified atom stereocenters. The Labute approximate surface area is 136 Å². The van der Waals surface area contributed by atoms with Crippen molar-refractivity contribution < 1.29 is 14.7 Å². The summed E-state index contributed by atoms with van der Waals surface area (Å²) in [5.41, 5.74) is -0.718. The van der Waals surface area contributed by atoms with Crippen molar-refractivity contribution >= 4 is 27.9 Å². The zero-order valence-corrected chi connectivity index (χ0v) is 13.8. The van der Waals surface area contributed by atoms with E-state index in [1.165, 1.54) is 0 Å². The lowest BCUT2D eigenvalue weighted by Crippen LogP contribution is -2.42. The molecule has 7 nitrogen and oxygen atoms in total. The fourth-order valence-electron chi connectivity index (χ4n) is 3.64. The number of carboxylic acid groups (broad SMARTS) is 1. The molecule has 0 bridgehead atoms. The van der Waals surface area contributed by atoms with Crippen LogP contribution in [0.3, 0.4) is 0 Å². The molecule has 2 heterocycles. The number of likely N-dealkylation sites (tertiary alicyclic amines) is 1. The molecule has 0 radical (unpaired) electrons. The number of carbonyl (C=O) groups is 2. The Balaban J connectivity index is 1.52. The Bertz CT molecular complexity index is 590. The zero-order chi connectivity index (χ0) is 15.7. The van der Waals surface area contributed by atoms with Gasteiger partial charge in [0.1, 0.15) is 0 Å². The molecule has 0 aromatic carbocycles. The third kappa shape index (κ3) is 2.71. The first-order valence-corrected chi connectivity index (χ1v) is 8.25. The summed E-state index contributed by atoms with van der Waals surface area (Å²) in [5, 5.41) is 16.5. The maximum absolute atomic E-state index is 12.2. The Morgan fingerprint density at radius 3 is 3.00 bits per heavy atom. The number of aliphatic carboxylic acids is 1. The second-order valence-electron chi connectivity index (χ2n) is 6.08. The highest BCUT2D eigenvalue weighted by Gasteiger charge is 2.55. The average Bonchev–Trinajstić information content (AvgIpc) is 3.12. The Morgan fingerprint density at radius 2 is 2.36 bits per heavy atom. The number of amides is 2. The molecule has 2 N–H and O–H groups in total. The van der Waals surface area contributed by atoms with Crippen molar-refractivity contribution in [3.05, 3.63) is 16.9 Å². The van der Waals surface area contributed by atoms with Gasteiger partial charge in [0.05, 0.1) is 22.6 Å². The predicted octanol–water partition coefficient (Wildman–Crippen LogP) is 1.54. The van der Waals surface area contributed by atoms with Crippen LogP contribution in [0.1, 0.15) is 19.3 Å². The second-order valence-corrected chi connectivity index (χ2v) is 7.00. The van der Waals surface area contributed by atoms with Crippen molar-refractivity contribution in [2.45, 2.75) is 25.8 Å². The van der Waals surface area contributed by atoms with Crippen LogP contribution in [-0.4, -0.2) is 51.4 Å². The lowest BCUT2D eigenvalue weighted by Gasteiger charge is -2.23. The normalized spacial score (nSPS) is 27.0. The van der Waals surface area contributed by atoms with Gasteiger partial charge >= 0.3 is 12.0 Å². The first kappa shape index (κ1) is 15.3. The number of urea groups is 1. The van der Waals surface area contributed by atoms with E-state index < -0.39 is 11.4 Å². The van der Waals surface area contributed by atoms with E-state index >= 15 is 0 Å². The number of nitrogens with zero attached hydrogens (tertiary/aromatic N) is 3. The molecule has 3 rings (SSSR count). The van der Waals surface area contributed by atoms with Gasteiger partial charge in [-0.05, 0) is 34.7 Å². The van der Waals surface area contributed by atoms with Crippen LogP contribution < -0.4 is 5.32 Å². The highest BCUT2D eigenvalue weighted by molar-refractivity contribution is 9.10. The fraction of sp³-hybridized carbons (Fsp3) is 0.643. The van der Waals surface area contributed by atoms with Crippen LogP contribution in [0, 0.1) is 11.3 Å². The summed E-state index contributed by atoms with van der Waals surface area (Å²) in [6, 6.07) is -0.179. The summed E-state index contributed by atoms with van der Waals surface area (Å²) >= 11 is 3.32. The standard InChI is InChI=1S/C14H19BrN4O3/c15-11-6-17-19(8-11)5-4-16-13(22)18-7-10-2-1-3-14(10,9-18)12(20)21/h6,8,10H,1-5,7,9H2,(H,16,22)(H,20,21)/t10-,14+/m0/s1. The van der Waals surface area contributed by atoms with Gasteiger partial charge in [-0.2, -0.15) is 5.10 Å². The van der Waals surface area contributed by atoms with E-state index in [0.29, 0.717) is 32.6 Å². The van der Waals surface area contributed by atoms with Gasteiger partial charge in [-0.1, -0.05) is 6.42 Å². The first-order valence-electron chi connectivity index (χ1n) is 7.45. The summed E-state index contributed by atoms with van der Waals surface area (Å²) < 4.78 is 2.64. The molecule has 1 aromatic rings. The van der Waals surface area contributed by atoms with Gasteiger partial charge in [-0.15, -0.1) is 0 Å². The van der Waals surface area contributed by atoms with E-state index in [-0.39, 0.29) is 11.9 Å². The third-order valence-electron chi connectivity index (χ3n) is 4.80. The van der Waals surface area contributed by atoms with Crippen molar-refractivity contribution in [3.63, 3.8) is 0 Å². The molecule has 2 atom stereocenters. The van der Waals surface area contributed by atoms with Crippen LogP contribution >= 0.6 is 15.9 Å². The fourth-order valence-corrected chi connectivity index (χ4v) is 3.97. The molecule has 22 heavy (non-hydrogen) atoms. The van der Waals surface area contributed by atoms with Gasteiger partial charge < -0.3 is 15.3 Å². The number of nitrogens with one attached hydrogen (secondary N) is 1. The number of rotatable bonds is 4. The van der Waals surface area contributed by atoms with Gasteiger partial charge in [-0.25, -0.2) is 4.79 Å². The SMILES string of the molecule is O=C(NCCn1cc(Br)cn1)N1C[C@@H]2CCC[C@@]2(C(=O)O)C1. The topological polar surface area (TPSA) is 87.5 Å². The maximum Gasteiger partial charge on any atom is 0.317 e. The van der Waals surface area contributed by atoms with Crippen molar-refractivity contribution in [1.29, 1.82) is 0 Å².